The number of imidazole rings is 2. The van der Waals surface area contributed by atoms with Crippen LogP contribution in [-0.2, 0) is 29.0 Å². The number of aliphatic hydroxyl groups is 2. The molecule has 0 spiro atoms. The summed E-state index contributed by atoms with van der Waals surface area (Å²) in [5, 5.41) is 19.2. The molecule has 9 heteroatoms. The number of fused-ring (bicyclic) bond motifs is 1. The second-order valence-electron chi connectivity index (χ2n) is 9.94. The SMILES string of the molecule is CC(C)(O)c1nc(-c2ccc(Br)cc2)cn1CCO.CC1(C)OCCn2cc(-c3ccc(Br)cc3)nc21. The minimum atomic E-state index is -1.04. The Kier molecular flexibility index (Phi) is 8.40. The van der Waals surface area contributed by atoms with Crippen molar-refractivity contribution in [1.82, 2.24) is 19.1 Å². The van der Waals surface area contributed by atoms with E-state index in [2.05, 4.69) is 73.6 Å². The van der Waals surface area contributed by atoms with Crippen LogP contribution in [0.1, 0.15) is 39.3 Å². The molecular formula is C28H32Br2N4O3. The van der Waals surface area contributed by atoms with Crippen molar-refractivity contribution in [2.24, 2.45) is 0 Å². The predicted octanol–water partition coefficient (Wildman–Crippen LogP) is 6.11. The minimum absolute atomic E-state index is 0.0131. The predicted molar refractivity (Wildman–Crippen MR) is 152 cm³/mol. The number of rotatable bonds is 5. The van der Waals surface area contributed by atoms with E-state index in [9.17, 15) is 5.11 Å². The van der Waals surface area contributed by atoms with Crippen LogP contribution in [0.2, 0.25) is 0 Å². The molecule has 0 unspecified atom stereocenters. The fraction of sp³-hybridized carbons (Fsp3) is 0.357. The summed E-state index contributed by atoms with van der Waals surface area (Å²) in [7, 11) is 0. The summed E-state index contributed by atoms with van der Waals surface area (Å²) >= 11 is 6.84. The van der Waals surface area contributed by atoms with Crippen molar-refractivity contribution in [1.29, 1.82) is 0 Å². The second kappa shape index (κ2) is 11.2. The smallest absolute Gasteiger partial charge is 0.141 e. The second-order valence-corrected chi connectivity index (χ2v) is 11.8. The van der Waals surface area contributed by atoms with Crippen molar-refractivity contribution in [2.45, 2.75) is 52.0 Å². The van der Waals surface area contributed by atoms with Crippen LogP contribution in [0.4, 0.5) is 0 Å². The highest BCUT2D eigenvalue weighted by atomic mass is 79.9. The third kappa shape index (κ3) is 6.59. The molecule has 2 aromatic heterocycles. The Bertz CT molecular complexity index is 1340. The molecule has 0 fully saturated rings. The zero-order chi connectivity index (χ0) is 26.8. The number of halogens is 2. The maximum atomic E-state index is 10.1. The molecule has 0 saturated carbocycles. The molecule has 1 aliphatic heterocycles. The maximum Gasteiger partial charge on any atom is 0.141 e. The lowest BCUT2D eigenvalue weighted by atomic mass is 10.1. The van der Waals surface area contributed by atoms with Crippen LogP contribution >= 0.6 is 31.9 Å². The monoisotopic (exact) mass is 630 g/mol. The molecule has 0 aliphatic carbocycles. The van der Waals surface area contributed by atoms with E-state index < -0.39 is 5.60 Å². The van der Waals surface area contributed by atoms with Crippen LogP contribution in [0, 0.1) is 0 Å². The van der Waals surface area contributed by atoms with Gasteiger partial charge >= 0.3 is 0 Å². The van der Waals surface area contributed by atoms with Gasteiger partial charge in [-0.3, -0.25) is 0 Å². The lowest BCUT2D eigenvalue weighted by molar-refractivity contribution is -0.0538. The zero-order valence-electron chi connectivity index (χ0n) is 21.4. The first-order chi connectivity index (χ1) is 17.5. The minimum Gasteiger partial charge on any atom is -0.395 e. The molecule has 7 nitrogen and oxygen atoms in total. The van der Waals surface area contributed by atoms with Gasteiger partial charge in [-0.2, -0.15) is 0 Å². The standard InChI is InChI=1S/C14H17BrN2O2.C14H15BrN2O/c1-14(2,19)13-16-12(9-17(13)7-8-18)10-3-5-11(15)6-4-10;1-14(2)13-16-12(9-17(13)7-8-18-14)10-3-5-11(15)6-4-10/h3-6,9,18-19H,7-8H2,1-2H3;3-6,9H,7-8H2,1-2H3. The normalized spacial score (nSPS) is 14.6. The van der Waals surface area contributed by atoms with Crippen molar-refractivity contribution in [3.8, 4) is 22.5 Å². The van der Waals surface area contributed by atoms with Gasteiger partial charge in [0.25, 0.3) is 0 Å². The van der Waals surface area contributed by atoms with Gasteiger partial charge < -0.3 is 24.1 Å². The summed E-state index contributed by atoms with van der Waals surface area (Å²) in [6.07, 6.45) is 3.97. The van der Waals surface area contributed by atoms with E-state index in [0.29, 0.717) is 12.4 Å². The molecule has 1 aliphatic rings. The summed E-state index contributed by atoms with van der Waals surface area (Å²) in [4.78, 5) is 9.21. The lowest BCUT2D eigenvalue weighted by Crippen LogP contribution is -2.33. The molecule has 0 saturated heterocycles. The largest absolute Gasteiger partial charge is 0.395 e. The van der Waals surface area contributed by atoms with E-state index in [-0.39, 0.29) is 12.2 Å². The topological polar surface area (TPSA) is 85.3 Å². The average Bonchev–Trinajstić information content (AvgIpc) is 3.46. The molecule has 2 N–H and O–H groups in total. The Hall–Kier alpha value is -2.30. The number of hydrogen-bond acceptors (Lipinski definition) is 5. The quantitative estimate of drug-likeness (QED) is 0.278. The Balaban J connectivity index is 0.000000173. The highest BCUT2D eigenvalue weighted by Crippen LogP contribution is 2.31. The molecule has 37 heavy (non-hydrogen) atoms. The number of hydrogen-bond donors (Lipinski definition) is 2. The summed E-state index contributed by atoms with van der Waals surface area (Å²) in [5.74, 6) is 1.56. The third-order valence-corrected chi connectivity index (χ3v) is 7.11. The van der Waals surface area contributed by atoms with E-state index in [0.717, 1.165) is 50.4 Å². The van der Waals surface area contributed by atoms with Gasteiger partial charge in [-0.25, -0.2) is 9.97 Å². The van der Waals surface area contributed by atoms with E-state index >= 15 is 0 Å². The molecule has 0 atom stereocenters. The summed E-state index contributed by atoms with van der Waals surface area (Å²) < 4.78 is 11.8. The van der Waals surface area contributed by atoms with E-state index in [1.165, 1.54) is 0 Å². The van der Waals surface area contributed by atoms with Crippen LogP contribution in [-0.4, -0.2) is 42.5 Å². The molecular weight excluding hydrogens is 600 g/mol. The Morgan fingerprint density at radius 1 is 0.919 bits per heavy atom. The van der Waals surface area contributed by atoms with E-state index in [4.69, 9.17) is 14.8 Å². The van der Waals surface area contributed by atoms with Gasteiger partial charge in [0.1, 0.15) is 22.9 Å². The molecule has 5 rings (SSSR count). The first-order valence-electron chi connectivity index (χ1n) is 12.1. The molecule has 4 aromatic rings. The van der Waals surface area contributed by atoms with Gasteiger partial charge in [-0.05, 0) is 52.0 Å². The van der Waals surface area contributed by atoms with Crippen molar-refractivity contribution < 1.29 is 14.9 Å². The number of ether oxygens (including phenoxy) is 1. The molecule has 0 radical (unpaired) electrons. The number of benzene rings is 2. The maximum absolute atomic E-state index is 10.1. The van der Waals surface area contributed by atoms with Crippen molar-refractivity contribution in [3.05, 3.63) is 81.5 Å². The Morgan fingerprint density at radius 3 is 1.95 bits per heavy atom. The average molecular weight is 632 g/mol. The number of aliphatic hydroxyl groups excluding tert-OH is 1. The highest BCUT2D eigenvalue weighted by Gasteiger charge is 2.31. The molecule has 0 amide bonds. The number of nitrogens with zero attached hydrogens (tertiary/aromatic N) is 4. The fourth-order valence-corrected chi connectivity index (χ4v) is 4.76. The van der Waals surface area contributed by atoms with Crippen LogP contribution in [0.25, 0.3) is 22.5 Å². The van der Waals surface area contributed by atoms with Crippen molar-refractivity contribution in [2.75, 3.05) is 13.2 Å². The van der Waals surface area contributed by atoms with Gasteiger partial charge in [-0.15, -0.1) is 0 Å². The first-order valence-corrected chi connectivity index (χ1v) is 13.7. The third-order valence-electron chi connectivity index (χ3n) is 6.05. The van der Waals surface area contributed by atoms with Gasteiger partial charge in [0, 0.05) is 45.6 Å². The van der Waals surface area contributed by atoms with Crippen LogP contribution in [0.3, 0.4) is 0 Å². The summed E-state index contributed by atoms with van der Waals surface area (Å²) in [6.45, 7) is 9.57. The zero-order valence-corrected chi connectivity index (χ0v) is 24.6. The first kappa shape index (κ1) is 27.7. The molecule has 2 aromatic carbocycles. The van der Waals surface area contributed by atoms with Gasteiger partial charge in [0.2, 0.25) is 0 Å². The van der Waals surface area contributed by atoms with E-state index in [1.807, 2.05) is 42.6 Å². The molecule has 3 heterocycles. The van der Waals surface area contributed by atoms with Crippen LogP contribution < -0.4 is 0 Å². The van der Waals surface area contributed by atoms with Crippen LogP contribution in [0.15, 0.2) is 69.9 Å². The van der Waals surface area contributed by atoms with Gasteiger partial charge in [0.15, 0.2) is 0 Å². The van der Waals surface area contributed by atoms with E-state index in [1.54, 1.807) is 18.4 Å². The van der Waals surface area contributed by atoms with Gasteiger partial charge in [0.05, 0.1) is 24.6 Å². The summed E-state index contributed by atoms with van der Waals surface area (Å²) in [5.41, 5.74) is 2.57. The molecule has 196 valence electrons. The van der Waals surface area contributed by atoms with Crippen molar-refractivity contribution >= 4 is 31.9 Å². The van der Waals surface area contributed by atoms with Crippen molar-refractivity contribution in [3.63, 3.8) is 0 Å². The Labute approximate surface area is 234 Å². The highest BCUT2D eigenvalue weighted by molar-refractivity contribution is 9.10. The fourth-order valence-electron chi connectivity index (χ4n) is 4.23. The van der Waals surface area contributed by atoms with Gasteiger partial charge in [-0.1, -0.05) is 56.1 Å². The molecule has 0 bridgehead atoms. The summed E-state index contributed by atoms with van der Waals surface area (Å²) in [6, 6.07) is 16.0. The lowest BCUT2D eigenvalue weighted by Gasteiger charge is -2.30. The van der Waals surface area contributed by atoms with Crippen LogP contribution in [0.5, 0.6) is 0 Å². The number of aromatic nitrogens is 4. The Morgan fingerprint density at radius 2 is 1.46 bits per heavy atom.